The Balaban J connectivity index is 1.65. The minimum Gasteiger partial charge on any atom is -0.383 e. The number of anilines is 1. The summed E-state index contributed by atoms with van der Waals surface area (Å²) >= 11 is 0. The zero-order chi connectivity index (χ0) is 23.1. The van der Waals surface area contributed by atoms with Crippen LogP contribution in [0.5, 0.6) is 0 Å². The molecule has 32 heavy (non-hydrogen) atoms. The van der Waals surface area contributed by atoms with E-state index < -0.39 is 24.2 Å². The van der Waals surface area contributed by atoms with Gasteiger partial charge in [0.15, 0.2) is 0 Å². The Labute approximate surface area is 182 Å². The average Bonchev–Trinajstić information content (AvgIpc) is 3.01. The number of amides is 1. The van der Waals surface area contributed by atoms with Crippen LogP contribution in [-0.4, -0.2) is 45.8 Å². The molecule has 1 saturated heterocycles. The Kier molecular flexibility index (Phi) is 5.31. The molecule has 164 valence electrons. The number of pyridine rings is 1. The molecule has 1 aliphatic rings. The number of halogens is 3. The highest BCUT2D eigenvalue weighted by Crippen LogP contribution is 2.30. The minimum atomic E-state index is -4.53. The predicted molar refractivity (Wildman–Crippen MR) is 115 cm³/mol. The SMILES string of the molecule is Cc1ccc(C#C[C@@]2(O)CCN(CC(F)(F)F)C2=O)cc1-c1ccc2ccnc(N)c2c1. The summed E-state index contributed by atoms with van der Waals surface area (Å²) in [5.74, 6) is 4.65. The molecular weight excluding hydrogens is 419 g/mol. The van der Waals surface area contributed by atoms with Crippen LogP contribution >= 0.6 is 0 Å². The van der Waals surface area contributed by atoms with E-state index in [0.717, 1.165) is 27.5 Å². The van der Waals surface area contributed by atoms with Crippen molar-refractivity contribution in [2.24, 2.45) is 0 Å². The number of hydrogen-bond donors (Lipinski definition) is 2. The fourth-order valence-electron chi connectivity index (χ4n) is 3.79. The van der Waals surface area contributed by atoms with E-state index >= 15 is 0 Å². The molecule has 1 atom stereocenters. The van der Waals surface area contributed by atoms with E-state index in [0.29, 0.717) is 16.3 Å². The Hall–Kier alpha value is -3.57. The van der Waals surface area contributed by atoms with E-state index in [1.165, 1.54) is 0 Å². The predicted octanol–water partition coefficient (Wildman–Crippen LogP) is 3.67. The molecule has 1 fully saturated rings. The molecule has 0 radical (unpaired) electrons. The van der Waals surface area contributed by atoms with Gasteiger partial charge in [0.05, 0.1) is 0 Å². The summed E-state index contributed by atoms with van der Waals surface area (Å²) in [7, 11) is 0. The number of carbonyl (C=O) groups is 1. The molecule has 1 amide bonds. The lowest BCUT2D eigenvalue weighted by Crippen LogP contribution is -2.42. The number of aliphatic hydroxyl groups is 1. The molecule has 3 aromatic rings. The number of aryl methyl sites for hydroxylation is 1. The molecule has 0 unspecified atom stereocenters. The third-order valence-electron chi connectivity index (χ3n) is 5.51. The Bertz CT molecular complexity index is 1280. The Morgan fingerprint density at radius 1 is 1.22 bits per heavy atom. The van der Waals surface area contributed by atoms with E-state index in [9.17, 15) is 23.1 Å². The molecule has 3 N–H and O–H groups in total. The molecule has 0 spiro atoms. The third kappa shape index (κ3) is 4.25. The molecule has 2 heterocycles. The summed E-state index contributed by atoms with van der Waals surface area (Å²) in [6.45, 7) is 0.339. The number of rotatable bonds is 2. The van der Waals surface area contributed by atoms with Gasteiger partial charge in [-0.05, 0) is 53.3 Å². The number of nitrogens with two attached hydrogens (primary N) is 1. The normalized spacial score (nSPS) is 18.7. The second-order valence-corrected chi connectivity index (χ2v) is 7.86. The van der Waals surface area contributed by atoms with Crippen molar-refractivity contribution in [1.29, 1.82) is 0 Å². The molecule has 1 aliphatic heterocycles. The maximum atomic E-state index is 12.6. The highest BCUT2D eigenvalue weighted by Gasteiger charge is 2.47. The molecule has 0 bridgehead atoms. The molecule has 0 aliphatic carbocycles. The summed E-state index contributed by atoms with van der Waals surface area (Å²) in [6, 6.07) is 13.1. The number of aromatic nitrogens is 1. The van der Waals surface area contributed by atoms with Gasteiger partial charge in [0.25, 0.3) is 5.91 Å². The van der Waals surface area contributed by atoms with Gasteiger partial charge in [-0.1, -0.05) is 30.0 Å². The topological polar surface area (TPSA) is 79.5 Å². The average molecular weight is 439 g/mol. The number of nitrogens with zero attached hydrogens (tertiary/aromatic N) is 2. The van der Waals surface area contributed by atoms with E-state index in [1.807, 2.05) is 43.3 Å². The second-order valence-electron chi connectivity index (χ2n) is 7.86. The summed E-state index contributed by atoms with van der Waals surface area (Å²) in [5, 5.41) is 12.3. The molecule has 8 heteroatoms. The Morgan fingerprint density at radius 3 is 2.75 bits per heavy atom. The van der Waals surface area contributed by atoms with Gasteiger partial charge < -0.3 is 15.7 Å². The lowest BCUT2D eigenvalue weighted by molar-refractivity contribution is -0.162. The van der Waals surface area contributed by atoms with Gasteiger partial charge >= 0.3 is 6.18 Å². The molecule has 4 rings (SSSR count). The number of fused-ring (bicyclic) bond motifs is 1. The van der Waals surface area contributed by atoms with Crippen LogP contribution in [0.2, 0.25) is 0 Å². The van der Waals surface area contributed by atoms with Crippen LogP contribution in [0.3, 0.4) is 0 Å². The second kappa shape index (κ2) is 7.84. The first-order valence-corrected chi connectivity index (χ1v) is 9.93. The summed E-state index contributed by atoms with van der Waals surface area (Å²) in [6.07, 6.45) is -3.06. The molecule has 2 aromatic carbocycles. The molecule has 5 nitrogen and oxygen atoms in total. The van der Waals surface area contributed by atoms with Crippen LogP contribution in [-0.2, 0) is 4.79 Å². The Morgan fingerprint density at radius 2 is 2.00 bits per heavy atom. The summed E-state index contributed by atoms with van der Waals surface area (Å²) < 4.78 is 37.9. The first-order chi connectivity index (χ1) is 15.1. The van der Waals surface area contributed by atoms with Crippen LogP contribution in [0, 0.1) is 18.8 Å². The monoisotopic (exact) mass is 439 g/mol. The fourth-order valence-corrected chi connectivity index (χ4v) is 3.79. The first kappa shape index (κ1) is 21.7. The van der Waals surface area contributed by atoms with Gasteiger partial charge in [0.1, 0.15) is 12.4 Å². The molecular formula is C24H20F3N3O2. The minimum absolute atomic E-state index is 0.176. The van der Waals surface area contributed by atoms with E-state index in [4.69, 9.17) is 5.73 Å². The van der Waals surface area contributed by atoms with Crippen LogP contribution in [0.25, 0.3) is 21.9 Å². The number of benzene rings is 2. The molecule has 1 aromatic heterocycles. The lowest BCUT2D eigenvalue weighted by atomic mass is 9.95. The van der Waals surface area contributed by atoms with Crippen molar-refractivity contribution in [3.63, 3.8) is 0 Å². The van der Waals surface area contributed by atoms with Crippen LogP contribution in [0.4, 0.5) is 19.0 Å². The third-order valence-corrected chi connectivity index (χ3v) is 5.51. The highest BCUT2D eigenvalue weighted by atomic mass is 19.4. The van der Waals surface area contributed by atoms with Crippen LogP contribution in [0.15, 0.2) is 48.7 Å². The van der Waals surface area contributed by atoms with Crippen molar-refractivity contribution < 1.29 is 23.1 Å². The van der Waals surface area contributed by atoms with Gasteiger partial charge in [0.2, 0.25) is 5.60 Å². The highest BCUT2D eigenvalue weighted by molar-refractivity contribution is 5.94. The first-order valence-electron chi connectivity index (χ1n) is 9.93. The van der Waals surface area contributed by atoms with Crippen molar-refractivity contribution in [3.8, 4) is 23.0 Å². The van der Waals surface area contributed by atoms with E-state index in [1.54, 1.807) is 12.3 Å². The number of nitrogen functional groups attached to an aromatic ring is 1. The number of alkyl halides is 3. The number of hydrogen-bond acceptors (Lipinski definition) is 4. The van der Waals surface area contributed by atoms with Gasteiger partial charge in [-0.25, -0.2) is 4.98 Å². The quantitative estimate of drug-likeness (QED) is 0.598. The fraction of sp³-hybridized carbons (Fsp3) is 0.250. The van der Waals surface area contributed by atoms with E-state index in [2.05, 4.69) is 16.8 Å². The summed E-state index contributed by atoms with van der Waals surface area (Å²) in [5.41, 5.74) is 7.15. The smallest absolute Gasteiger partial charge is 0.383 e. The van der Waals surface area contributed by atoms with Gasteiger partial charge in [-0.2, -0.15) is 13.2 Å². The number of carbonyl (C=O) groups excluding carboxylic acids is 1. The lowest BCUT2D eigenvalue weighted by Gasteiger charge is -2.19. The van der Waals surface area contributed by atoms with Gasteiger partial charge in [-0.15, -0.1) is 0 Å². The van der Waals surface area contributed by atoms with E-state index in [-0.39, 0.29) is 13.0 Å². The van der Waals surface area contributed by atoms with Crippen LogP contribution < -0.4 is 5.73 Å². The largest absolute Gasteiger partial charge is 0.406 e. The zero-order valence-electron chi connectivity index (χ0n) is 17.2. The van der Waals surface area contributed by atoms with Gasteiger partial charge in [0, 0.05) is 30.1 Å². The number of likely N-dealkylation sites (tertiary alicyclic amines) is 1. The van der Waals surface area contributed by atoms with Crippen molar-refractivity contribution >= 4 is 22.5 Å². The standard InChI is InChI=1S/C24H20F3N3O2/c1-15-2-3-16(6-8-23(32)9-11-30(22(23)31)14-24(25,26)27)12-19(15)18-5-4-17-7-10-29-21(28)20(17)13-18/h2-5,7,10,12-13,32H,9,11,14H2,1H3,(H2,28,29)/t23-/m1/s1. The summed E-state index contributed by atoms with van der Waals surface area (Å²) in [4.78, 5) is 17.0. The van der Waals surface area contributed by atoms with Crippen molar-refractivity contribution in [1.82, 2.24) is 9.88 Å². The van der Waals surface area contributed by atoms with Crippen molar-refractivity contribution in [2.75, 3.05) is 18.8 Å². The van der Waals surface area contributed by atoms with Crippen molar-refractivity contribution in [3.05, 3.63) is 59.8 Å². The molecule has 0 saturated carbocycles. The van der Waals surface area contributed by atoms with Gasteiger partial charge in [-0.3, -0.25) is 4.79 Å². The zero-order valence-corrected chi connectivity index (χ0v) is 17.2. The maximum Gasteiger partial charge on any atom is 0.406 e. The maximum absolute atomic E-state index is 12.6. The van der Waals surface area contributed by atoms with Crippen molar-refractivity contribution in [2.45, 2.75) is 25.1 Å². The van der Waals surface area contributed by atoms with Crippen LogP contribution in [0.1, 0.15) is 17.5 Å².